The van der Waals surface area contributed by atoms with Gasteiger partial charge in [0.15, 0.2) is 0 Å². The van der Waals surface area contributed by atoms with E-state index in [2.05, 4.69) is 5.32 Å². The summed E-state index contributed by atoms with van der Waals surface area (Å²) in [7, 11) is 1.66. The lowest BCUT2D eigenvalue weighted by molar-refractivity contribution is -0.149. The lowest BCUT2D eigenvalue weighted by atomic mass is 10.2. The molecule has 0 saturated carbocycles. The van der Waals surface area contributed by atoms with Crippen molar-refractivity contribution in [2.24, 2.45) is 0 Å². The van der Waals surface area contributed by atoms with Crippen molar-refractivity contribution in [1.29, 1.82) is 5.41 Å². The van der Waals surface area contributed by atoms with Gasteiger partial charge in [-0.25, -0.2) is 4.79 Å². The molecule has 0 fully saturated rings. The minimum Gasteiger partial charge on any atom is -0.456 e. The Balaban J connectivity index is 4.41. The summed E-state index contributed by atoms with van der Waals surface area (Å²) in [6.45, 7) is 5.35. The van der Waals surface area contributed by atoms with E-state index in [-0.39, 0.29) is 5.57 Å². The highest BCUT2D eigenvalue weighted by Gasteiger charge is 2.18. The molecule has 2 N–H and O–H groups in total. The standard InChI is InChI=1S/C9H16N2O2/c1-9(2,3)13-8(12)7(5-10)6-11-4/h5-6,10-11H,1-4H3/b7-6+,10-5?. The second-order valence-corrected chi connectivity index (χ2v) is 3.53. The molecule has 0 aliphatic carbocycles. The van der Waals surface area contributed by atoms with Crippen molar-refractivity contribution in [2.45, 2.75) is 26.4 Å². The van der Waals surface area contributed by atoms with E-state index >= 15 is 0 Å². The molecule has 4 nitrogen and oxygen atoms in total. The number of rotatable bonds is 3. The molecule has 0 rings (SSSR count). The van der Waals surface area contributed by atoms with E-state index < -0.39 is 11.6 Å². The van der Waals surface area contributed by atoms with Crippen LogP contribution in [0.1, 0.15) is 20.8 Å². The maximum Gasteiger partial charge on any atom is 0.341 e. The molecule has 0 aromatic carbocycles. The number of ether oxygens (including phenoxy) is 1. The molecule has 0 aromatic rings. The fraction of sp³-hybridized carbons (Fsp3) is 0.556. The number of hydrogen-bond acceptors (Lipinski definition) is 4. The van der Waals surface area contributed by atoms with Gasteiger partial charge in [-0.15, -0.1) is 0 Å². The molecule has 0 amide bonds. The van der Waals surface area contributed by atoms with Gasteiger partial charge >= 0.3 is 5.97 Å². The predicted octanol–water partition coefficient (Wildman–Crippen LogP) is 1.08. The first kappa shape index (κ1) is 11.7. The summed E-state index contributed by atoms with van der Waals surface area (Å²) in [6, 6.07) is 0. The maximum absolute atomic E-state index is 11.3. The number of esters is 1. The first-order valence-corrected chi connectivity index (χ1v) is 4.02. The minimum atomic E-state index is -0.521. The molecule has 13 heavy (non-hydrogen) atoms. The smallest absolute Gasteiger partial charge is 0.341 e. The van der Waals surface area contributed by atoms with Crippen molar-refractivity contribution in [2.75, 3.05) is 7.05 Å². The van der Waals surface area contributed by atoms with E-state index in [9.17, 15) is 4.79 Å². The van der Waals surface area contributed by atoms with Gasteiger partial charge in [0.2, 0.25) is 0 Å². The molecule has 0 aliphatic heterocycles. The number of nitrogens with one attached hydrogen (secondary N) is 2. The van der Waals surface area contributed by atoms with Crippen LogP contribution in [0.4, 0.5) is 0 Å². The summed E-state index contributed by atoms with van der Waals surface area (Å²) in [5, 5.41) is 9.64. The molecule has 0 saturated heterocycles. The Kier molecular flexibility index (Phi) is 4.17. The monoisotopic (exact) mass is 184 g/mol. The highest BCUT2D eigenvalue weighted by molar-refractivity contribution is 6.08. The van der Waals surface area contributed by atoms with Gasteiger partial charge in [0.05, 0.1) is 5.57 Å². The second kappa shape index (κ2) is 4.64. The Hall–Kier alpha value is -1.32. The van der Waals surface area contributed by atoms with E-state index in [0.29, 0.717) is 0 Å². The SMILES string of the molecule is CN/C=C(\C=N)C(=O)OC(C)(C)C. The predicted molar refractivity (Wildman–Crippen MR) is 51.8 cm³/mol. The van der Waals surface area contributed by atoms with Gasteiger partial charge < -0.3 is 15.5 Å². The van der Waals surface area contributed by atoms with Gasteiger partial charge in [-0.05, 0) is 20.8 Å². The summed E-state index contributed by atoms with van der Waals surface area (Å²) in [5.74, 6) is -0.489. The maximum atomic E-state index is 11.3. The topological polar surface area (TPSA) is 62.2 Å². The van der Waals surface area contributed by atoms with Crippen molar-refractivity contribution < 1.29 is 9.53 Å². The molecule has 0 aromatic heterocycles. The van der Waals surface area contributed by atoms with Crippen LogP contribution < -0.4 is 5.32 Å². The zero-order chi connectivity index (χ0) is 10.5. The molecule has 0 aliphatic rings. The van der Waals surface area contributed by atoms with Crippen molar-refractivity contribution in [3.05, 3.63) is 11.8 Å². The lowest BCUT2D eigenvalue weighted by Crippen LogP contribution is -2.25. The van der Waals surface area contributed by atoms with E-state index in [1.54, 1.807) is 27.8 Å². The molecule has 0 spiro atoms. The Morgan fingerprint density at radius 1 is 1.46 bits per heavy atom. The Morgan fingerprint density at radius 3 is 2.31 bits per heavy atom. The van der Waals surface area contributed by atoms with Crippen LogP contribution in [-0.2, 0) is 9.53 Å². The molecule has 0 radical (unpaired) electrons. The van der Waals surface area contributed by atoms with Crippen molar-refractivity contribution in [1.82, 2.24) is 5.32 Å². The zero-order valence-corrected chi connectivity index (χ0v) is 8.47. The van der Waals surface area contributed by atoms with E-state index in [1.807, 2.05) is 0 Å². The zero-order valence-electron chi connectivity index (χ0n) is 8.47. The number of carbonyl (C=O) groups is 1. The largest absolute Gasteiger partial charge is 0.456 e. The van der Waals surface area contributed by atoms with Crippen LogP contribution in [0.25, 0.3) is 0 Å². The molecule has 0 unspecified atom stereocenters. The van der Waals surface area contributed by atoms with E-state index in [1.165, 1.54) is 6.20 Å². The second-order valence-electron chi connectivity index (χ2n) is 3.53. The third-order valence-corrected chi connectivity index (χ3v) is 1.09. The van der Waals surface area contributed by atoms with Crippen molar-refractivity contribution in [3.63, 3.8) is 0 Å². The quantitative estimate of drug-likeness (QED) is 0.392. The fourth-order valence-electron chi connectivity index (χ4n) is 0.652. The molecule has 0 heterocycles. The first-order valence-electron chi connectivity index (χ1n) is 4.02. The molecular weight excluding hydrogens is 168 g/mol. The van der Waals surface area contributed by atoms with Crippen LogP contribution >= 0.6 is 0 Å². The molecule has 4 heteroatoms. The Morgan fingerprint density at radius 2 is 2.00 bits per heavy atom. The van der Waals surface area contributed by atoms with Crippen LogP contribution in [0.2, 0.25) is 0 Å². The molecule has 0 atom stereocenters. The third kappa shape index (κ3) is 5.00. The third-order valence-electron chi connectivity index (χ3n) is 1.09. The van der Waals surface area contributed by atoms with Crippen molar-refractivity contribution in [3.8, 4) is 0 Å². The summed E-state index contributed by atoms with van der Waals surface area (Å²) < 4.78 is 5.04. The van der Waals surface area contributed by atoms with Gasteiger partial charge in [0.1, 0.15) is 5.60 Å². The summed E-state index contributed by atoms with van der Waals surface area (Å²) in [4.78, 5) is 11.3. The van der Waals surface area contributed by atoms with Gasteiger partial charge in [0.25, 0.3) is 0 Å². The highest BCUT2D eigenvalue weighted by Crippen LogP contribution is 2.09. The first-order chi connectivity index (χ1) is 5.90. The van der Waals surface area contributed by atoms with E-state index in [4.69, 9.17) is 10.1 Å². The molecule has 74 valence electrons. The number of carbonyl (C=O) groups excluding carboxylic acids is 1. The fourth-order valence-corrected chi connectivity index (χ4v) is 0.652. The molecule has 0 bridgehead atoms. The molecular formula is C9H16N2O2. The lowest BCUT2D eigenvalue weighted by Gasteiger charge is -2.19. The van der Waals surface area contributed by atoms with Gasteiger partial charge in [-0.3, -0.25) is 0 Å². The summed E-state index contributed by atoms with van der Waals surface area (Å²) in [5.41, 5.74) is -0.315. The summed E-state index contributed by atoms with van der Waals surface area (Å²) in [6.07, 6.45) is 2.39. The van der Waals surface area contributed by atoms with Crippen LogP contribution in [0, 0.1) is 5.41 Å². The average Bonchev–Trinajstić information content (AvgIpc) is 1.96. The van der Waals surface area contributed by atoms with Crippen molar-refractivity contribution >= 4 is 12.2 Å². The normalized spacial score (nSPS) is 12.2. The Labute approximate surface area is 78.5 Å². The highest BCUT2D eigenvalue weighted by atomic mass is 16.6. The van der Waals surface area contributed by atoms with Crippen LogP contribution in [0.15, 0.2) is 11.8 Å². The van der Waals surface area contributed by atoms with Gasteiger partial charge in [0, 0.05) is 19.5 Å². The van der Waals surface area contributed by atoms with Crippen LogP contribution in [0.5, 0.6) is 0 Å². The van der Waals surface area contributed by atoms with Crippen LogP contribution in [-0.4, -0.2) is 24.8 Å². The minimum absolute atomic E-state index is 0.206. The average molecular weight is 184 g/mol. The van der Waals surface area contributed by atoms with Gasteiger partial charge in [-0.1, -0.05) is 0 Å². The number of hydrogen-bond donors (Lipinski definition) is 2. The van der Waals surface area contributed by atoms with Gasteiger partial charge in [-0.2, -0.15) is 0 Å². The summed E-state index contributed by atoms with van der Waals surface area (Å²) >= 11 is 0. The van der Waals surface area contributed by atoms with Crippen LogP contribution in [0.3, 0.4) is 0 Å². The Bertz CT molecular complexity index is 226. The van der Waals surface area contributed by atoms with E-state index in [0.717, 1.165) is 6.21 Å².